The number of likely N-dealkylation sites (N-methyl/N-ethyl adjacent to an activating group) is 1. The molecule has 0 spiro atoms. The molecule has 0 saturated carbocycles. The molecule has 0 radical (unpaired) electrons. The summed E-state index contributed by atoms with van der Waals surface area (Å²) in [6, 6.07) is 12.8. The van der Waals surface area contributed by atoms with Gasteiger partial charge in [-0.25, -0.2) is 4.79 Å². The molecule has 0 aliphatic rings. The maximum Gasteiger partial charge on any atom is 0.318 e. The lowest BCUT2D eigenvalue weighted by molar-refractivity contribution is 0.184. The van der Waals surface area contributed by atoms with E-state index in [-0.39, 0.29) is 12.1 Å². The van der Waals surface area contributed by atoms with E-state index in [2.05, 4.69) is 11.4 Å². The summed E-state index contributed by atoms with van der Waals surface area (Å²) in [6.07, 6.45) is 0. The van der Waals surface area contributed by atoms with Gasteiger partial charge in [0.1, 0.15) is 11.5 Å². The number of nitriles is 1. The summed E-state index contributed by atoms with van der Waals surface area (Å²) >= 11 is 0. The van der Waals surface area contributed by atoms with E-state index in [1.807, 2.05) is 57.1 Å². The summed E-state index contributed by atoms with van der Waals surface area (Å²) in [5.74, 6) is 1.56. The summed E-state index contributed by atoms with van der Waals surface area (Å²) < 4.78 is 5.60. The smallest absolute Gasteiger partial charge is 0.318 e. The molecule has 1 heterocycles. The molecule has 26 heavy (non-hydrogen) atoms. The zero-order valence-corrected chi connectivity index (χ0v) is 15.8. The summed E-state index contributed by atoms with van der Waals surface area (Å²) in [5, 5.41) is 11.9. The molecule has 6 heteroatoms. The summed E-state index contributed by atoms with van der Waals surface area (Å²) in [4.78, 5) is 16.6. The number of amides is 2. The molecule has 1 aromatic heterocycles. The van der Waals surface area contributed by atoms with Crippen LogP contribution in [0.25, 0.3) is 0 Å². The van der Waals surface area contributed by atoms with Gasteiger partial charge in [-0.05, 0) is 57.8 Å². The topological polar surface area (TPSA) is 72.5 Å². The van der Waals surface area contributed by atoms with Crippen LogP contribution in [0.5, 0.6) is 0 Å². The minimum absolute atomic E-state index is 0.141. The van der Waals surface area contributed by atoms with Gasteiger partial charge >= 0.3 is 6.03 Å². The number of furan rings is 1. The van der Waals surface area contributed by atoms with Gasteiger partial charge in [-0.15, -0.1) is 0 Å². The molecule has 6 nitrogen and oxygen atoms in total. The van der Waals surface area contributed by atoms with E-state index < -0.39 is 0 Å². The number of hydrogen-bond donors (Lipinski definition) is 1. The van der Waals surface area contributed by atoms with Crippen molar-refractivity contribution in [1.82, 2.24) is 15.1 Å². The highest BCUT2D eigenvalue weighted by Crippen LogP contribution is 2.16. The Bertz CT molecular complexity index is 759. The lowest BCUT2D eigenvalue weighted by Crippen LogP contribution is -2.43. The van der Waals surface area contributed by atoms with Crippen molar-refractivity contribution >= 4 is 6.03 Å². The van der Waals surface area contributed by atoms with E-state index in [9.17, 15) is 4.79 Å². The van der Waals surface area contributed by atoms with Crippen molar-refractivity contribution < 1.29 is 9.21 Å². The van der Waals surface area contributed by atoms with E-state index in [0.29, 0.717) is 18.7 Å². The second-order valence-electron chi connectivity index (χ2n) is 6.65. The highest BCUT2D eigenvalue weighted by molar-refractivity contribution is 5.74. The number of hydrogen-bond acceptors (Lipinski definition) is 4. The van der Waals surface area contributed by atoms with E-state index in [0.717, 1.165) is 23.6 Å². The number of nitrogens with zero attached hydrogens (tertiary/aromatic N) is 3. The van der Waals surface area contributed by atoms with Crippen LogP contribution < -0.4 is 5.32 Å². The fourth-order valence-electron chi connectivity index (χ4n) is 2.51. The van der Waals surface area contributed by atoms with Gasteiger partial charge in [0.25, 0.3) is 0 Å². The Morgan fingerprint density at radius 2 is 1.88 bits per heavy atom. The van der Waals surface area contributed by atoms with Crippen LogP contribution in [0.1, 0.15) is 35.6 Å². The average molecular weight is 354 g/mol. The standard InChI is InChI=1S/C20H26N4O2/c1-15-5-10-19(26-15)16(2)22-20(25)24(12-11-23(3)4)14-18-8-6-17(13-21)7-9-18/h5-10,16H,11-12,14H2,1-4H3,(H,22,25). The fraction of sp³-hybridized carbons (Fsp3) is 0.400. The van der Waals surface area contributed by atoms with Gasteiger partial charge < -0.3 is 19.5 Å². The fourth-order valence-corrected chi connectivity index (χ4v) is 2.51. The second-order valence-corrected chi connectivity index (χ2v) is 6.65. The zero-order valence-electron chi connectivity index (χ0n) is 15.8. The summed E-state index contributed by atoms with van der Waals surface area (Å²) in [5.41, 5.74) is 1.60. The molecule has 1 aromatic carbocycles. The normalized spacial score (nSPS) is 11.8. The molecular weight excluding hydrogens is 328 g/mol. The van der Waals surface area contributed by atoms with Crippen LogP contribution >= 0.6 is 0 Å². The monoisotopic (exact) mass is 354 g/mol. The lowest BCUT2D eigenvalue weighted by Gasteiger charge is -2.26. The van der Waals surface area contributed by atoms with Crippen molar-refractivity contribution in [3.63, 3.8) is 0 Å². The SMILES string of the molecule is Cc1ccc(C(C)NC(=O)N(CCN(C)C)Cc2ccc(C#N)cc2)o1. The molecule has 1 unspecified atom stereocenters. The molecule has 0 aliphatic heterocycles. The Balaban J connectivity index is 2.06. The van der Waals surface area contributed by atoms with Gasteiger partial charge in [-0.2, -0.15) is 5.26 Å². The van der Waals surface area contributed by atoms with Crippen molar-refractivity contribution in [2.45, 2.75) is 26.4 Å². The van der Waals surface area contributed by atoms with Crippen molar-refractivity contribution in [1.29, 1.82) is 5.26 Å². The first-order valence-electron chi connectivity index (χ1n) is 8.64. The molecule has 2 rings (SSSR count). The first-order chi connectivity index (χ1) is 12.4. The Hall–Kier alpha value is -2.78. The van der Waals surface area contributed by atoms with Crippen molar-refractivity contribution in [2.24, 2.45) is 0 Å². The van der Waals surface area contributed by atoms with Crippen molar-refractivity contribution in [3.05, 3.63) is 59.0 Å². The molecule has 2 aromatic rings. The largest absolute Gasteiger partial charge is 0.464 e. The number of aryl methyl sites for hydroxylation is 1. The van der Waals surface area contributed by atoms with Crippen LogP contribution in [0.3, 0.4) is 0 Å². The molecule has 1 N–H and O–H groups in total. The Morgan fingerprint density at radius 3 is 2.42 bits per heavy atom. The van der Waals surface area contributed by atoms with E-state index in [1.165, 1.54) is 0 Å². The van der Waals surface area contributed by atoms with Gasteiger partial charge in [-0.3, -0.25) is 0 Å². The molecule has 0 saturated heterocycles. The predicted octanol–water partition coefficient (Wildman–Crippen LogP) is 3.29. The van der Waals surface area contributed by atoms with Gasteiger partial charge in [0.2, 0.25) is 0 Å². The van der Waals surface area contributed by atoms with Gasteiger partial charge in [-0.1, -0.05) is 12.1 Å². The van der Waals surface area contributed by atoms with Crippen molar-refractivity contribution in [2.75, 3.05) is 27.2 Å². The third-order valence-electron chi connectivity index (χ3n) is 4.09. The Kier molecular flexibility index (Phi) is 6.81. The third kappa shape index (κ3) is 5.64. The van der Waals surface area contributed by atoms with Crippen LogP contribution in [0.4, 0.5) is 4.79 Å². The quantitative estimate of drug-likeness (QED) is 0.828. The van der Waals surface area contributed by atoms with Gasteiger partial charge in [0.15, 0.2) is 0 Å². The molecule has 0 aliphatic carbocycles. The molecular formula is C20H26N4O2. The summed E-state index contributed by atoms with van der Waals surface area (Å²) in [6.45, 7) is 5.63. The van der Waals surface area contributed by atoms with Gasteiger partial charge in [0, 0.05) is 19.6 Å². The average Bonchev–Trinajstić information content (AvgIpc) is 3.05. The molecule has 138 valence electrons. The number of carbonyl (C=O) groups excluding carboxylic acids is 1. The maximum absolute atomic E-state index is 12.8. The van der Waals surface area contributed by atoms with Crippen molar-refractivity contribution in [3.8, 4) is 6.07 Å². The second kappa shape index (κ2) is 9.07. The van der Waals surface area contributed by atoms with E-state index >= 15 is 0 Å². The lowest BCUT2D eigenvalue weighted by atomic mass is 10.1. The summed E-state index contributed by atoms with van der Waals surface area (Å²) in [7, 11) is 3.96. The number of benzene rings is 1. The van der Waals surface area contributed by atoms with Crippen LogP contribution in [-0.2, 0) is 6.54 Å². The van der Waals surface area contributed by atoms with E-state index in [1.54, 1.807) is 17.0 Å². The first kappa shape index (κ1) is 19.5. The molecule has 0 fully saturated rings. The molecule has 1 atom stereocenters. The molecule has 2 amide bonds. The number of carbonyl (C=O) groups is 1. The van der Waals surface area contributed by atoms with Crippen LogP contribution in [-0.4, -0.2) is 43.0 Å². The first-order valence-corrected chi connectivity index (χ1v) is 8.64. The minimum Gasteiger partial charge on any atom is -0.464 e. The Labute approximate surface area is 155 Å². The number of nitrogens with one attached hydrogen (secondary N) is 1. The highest BCUT2D eigenvalue weighted by atomic mass is 16.3. The minimum atomic E-state index is -0.209. The van der Waals surface area contributed by atoms with E-state index in [4.69, 9.17) is 9.68 Å². The Morgan fingerprint density at radius 1 is 1.19 bits per heavy atom. The molecule has 0 bridgehead atoms. The van der Waals surface area contributed by atoms with Crippen LogP contribution in [0.2, 0.25) is 0 Å². The van der Waals surface area contributed by atoms with Crippen LogP contribution in [0, 0.1) is 18.3 Å². The number of rotatable bonds is 7. The zero-order chi connectivity index (χ0) is 19.1. The van der Waals surface area contributed by atoms with Crippen LogP contribution in [0.15, 0.2) is 40.8 Å². The third-order valence-corrected chi connectivity index (χ3v) is 4.09. The maximum atomic E-state index is 12.8. The van der Waals surface area contributed by atoms with Gasteiger partial charge in [0.05, 0.1) is 17.7 Å². The highest BCUT2D eigenvalue weighted by Gasteiger charge is 2.19. The number of urea groups is 1. The predicted molar refractivity (Wildman–Crippen MR) is 101 cm³/mol.